The second-order valence-electron chi connectivity index (χ2n) is 4.25. The van der Waals surface area contributed by atoms with E-state index in [0.29, 0.717) is 22.7 Å². The molecule has 0 bridgehead atoms. The summed E-state index contributed by atoms with van der Waals surface area (Å²) in [5.74, 6) is 1.28. The number of furan rings is 1. The highest BCUT2D eigenvalue weighted by Gasteiger charge is 2.09. The van der Waals surface area contributed by atoms with Gasteiger partial charge in [-0.05, 0) is 30.3 Å². The van der Waals surface area contributed by atoms with Crippen LogP contribution in [0.2, 0.25) is 0 Å². The van der Waals surface area contributed by atoms with Crippen LogP contribution in [0.1, 0.15) is 0 Å². The zero-order valence-electron chi connectivity index (χ0n) is 10.3. The van der Waals surface area contributed by atoms with Gasteiger partial charge in [-0.25, -0.2) is 0 Å². The van der Waals surface area contributed by atoms with Crippen molar-refractivity contribution in [2.45, 2.75) is 0 Å². The molecule has 4 heteroatoms. The van der Waals surface area contributed by atoms with Gasteiger partial charge in [-0.3, -0.25) is 0 Å². The van der Waals surface area contributed by atoms with Gasteiger partial charge >= 0.3 is 0 Å². The first kappa shape index (κ1) is 11.5. The Labute approximate surface area is 109 Å². The van der Waals surface area contributed by atoms with Crippen LogP contribution in [0.3, 0.4) is 0 Å². The van der Waals surface area contributed by atoms with Gasteiger partial charge in [0, 0.05) is 23.1 Å². The maximum Gasteiger partial charge on any atom is 0.138 e. The summed E-state index contributed by atoms with van der Waals surface area (Å²) in [5.41, 5.74) is 1.31. The monoisotopic (exact) mass is 256 g/mol. The SMILES string of the molecule is COc1ccc2cc(-c3cc(O)cc(O)c3)oc2c1. The maximum absolute atomic E-state index is 9.49. The van der Waals surface area contributed by atoms with Crippen molar-refractivity contribution in [3.8, 4) is 28.6 Å². The molecule has 2 N–H and O–H groups in total. The Morgan fingerprint density at radius 3 is 2.37 bits per heavy atom. The fourth-order valence-corrected chi connectivity index (χ4v) is 2.02. The molecule has 0 fully saturated rings. The second kappa shape index (κ2) is 4.24. The Kier molecular flexibility index (Phi) is 2.56. The molecule has 0 saturated heterocycles. The van der Waals surface area contributed by atoms with Gasteiger partial charge in [-0.1, -0.05) is 0 Å². The predicted molar refractivity (Wildman–Crippen MR) is 71.5 cm³/mol. The van der Waals surface area contributed by atoms with Gasteiger partial charge in [0.25, 0.3) is 0 Å². The Morgan fingerprint density at radius 1 is 0.947 bits per heavy atom. The predicted octanol–water partition coefficient (Wildman–Crippen LogP) is 3.52. The summed E-state index contributed by atoms with van der Waals surface area (Å²) >= 11 is 0. The van der Waals surface area contributed by atoms with Crippen LogP contribution in [0.5, 0.6) is 17.2 Å². The molecule has 1 heterocycles. The standard InChI is InChI=1S/C15H12O4/c1-18-13-3-2-9-6-14(19-15(9)8-13)10-4-11(16)7-12(17)5-10/h2-8,16-17H,1H3. The Morgan fingerprint density at radius 2 is 1.68 bits per heavy atom. The number of benzene rings is 2. The van der Waals surface area contributed by atoms with E-state index >= 15 is 0 Å². The summed E-state index contributed by atoms with van der Waals surface area (Å²) < 4.78 is 10.8. The molecule has 0 aliphatic heterocycles. The lowest BCUT2D eigenvalue weighted by atomic mass is 10.1. The number of phenols is 2. The van der Waals surface area contributed by atoms with E-state index in [4.69, 9.17) is 9.15 Å². The van der Waals surface area contributed by atoms with Crippen LogP contribution < -0.4 is 4.74 Å². The van der Waals surface area contributed by atoms with Crippen LogP contribution in [0.4, 0.5) is 0 Å². The molecule has 0 aliphatic carbocycles. The Bertz CT molecular complexity index is 723. The van der Waals surface area contributed by atoms with Crippen molar-refractivity contribution in [1.82, 2.24) is 0 Å². The quantitative estimate of drug-likeness (QED) is 0.736. The molecule has 0 radical (unpaired) electrons. The summed E-state index contributed by atoms with van der Waals surface area (Å²) in [6, 6.07) is 11.7. The first-order valence-corrected chi connectivity index (χ1v) is 5.77. The number of ether oxygens (including phenoxy) is 1. The van der Waals surface area contributed by atoms with Crippen LogP contribution in [-0.2, 0) is 0 Å². The summed E-state index contributed by atoms with van der Waals surface area (Å²) in [6.45, 7) is 0. The molecule has 2 aromatic carbocycles. The van der Waals surface area contributed by atoms with Gasteiger partial charge in [0.2, 0.25) is 0 Å². The van der Waals surface area contributed by atoms with Crippen molar-refractivity contribution >= 4 is 11.0 Å². The van der Waals surface area contributed by atoms with Crippen LogP contribution in [0.25, 0.3) is 22.3 Å². The molecule has 0 atom stereocenters. The van der Waals surface area contributed by atoms with Crippen LogP contribution in [0, 0.1) is 0 Å². The van der Waals surface area contributed by atoms with Crippen LogP contribution >= 0.6 is 0 Å². The topological polar surface area (TPSA) is 62.8 Å². The number of hydrogen-bond acceptors (Lipinski definition) is 4. The van der Waals surface area contributed by atoms with Crippen molar-refractivity contribution in [3.63, 3.8) is 0 Å². The lowest BCUT2D eigenvalue weighted by Gasteiger charge is -1.99. The molecule has 0 aliphatic rings. The summed E-state index contributed by atoms with van der Waals surface area (Å²) in [4.78, 5) is 0. The number of fused-ring (bicyclic) bond motifs is 1. The highest BCUT2D eigenvalue weighted by Crippen LogP contribution is 2.33. The van der Waals surface area contributed by atoms with Gasteiger partial charge in [-0.15, -0.1) is 0 Å². The molecule has 19 heavy (non-hydrogen) atoms. The first-order chi connectivity index (χ1) is 9.15. The lowest BCUT2D eigenvalue weighted by molar-refractivity contribution is 0.414. The van der Waals surface area contributed by atoms with Gasteiger partial charge in [0.15, 0.2) is 0 Å². The number of aromatic hydroxyl groups is 2. The van der Waals surface area contributed by atoms with E-state index in [1.165, 1.54) is 18.2 Å². The molecule has 0 spiro atoms. The highest BCUT2D eigenvalue weighted by atomic mass is 16.5. The minimum absolute atomic E-state index is 0.00645. The zero-order chi connectivity index (χ0) is 13.4. The number of methoxy groups -OCH3 is 1. The maximum atomic E-state index is 9.49. The fraction of sp³-hybridized carbons (Fsp3) is 0.0667. The van der Waals surface area contributed by atoms with Gasteiger partial charge in [-0.2, -0.15) is 0 Å². The van der Waals surface area contributed by atoms with E-state index < -0.39 is 0 Å². The highest BCUT2D eigenvalue weighted by molar-refractivity contribution is 5.84. The van der Waals surface area contributed by atoms with Crippen LogP contribution in [0.15, 0.2) is 46.9 Å². The van der Waals surface area contributed by atoms with E-state index in [2.05, 4.69) is 0 Å². The fourth-order valence-electron chi connectivity index (χ4n) is 2.02. The molecule has 0 unspecified atom stereocenters. The van der Waals surface area contributed by atoms with E-state index in [9.17, 15) is 10.2 Å². The smallest absolute Gasteiger partial charge is 0.138 e. The normalized spacial score (nSPS) is 10.8. The van der Waals surface area contributed by atoms with Crippen molar-refractivity contribution < 1.29 is 19.4 Å². The number of hydrogen-bond donors (Lipinski definition) is 2. The molecule has 3 aromatic rings. The lowest BCUT2D eigenvalue weighted by Crippen LogP contribution is -1.79. The average molecular weight is 256 g/mol. The molecule has 1 aromatic heterocycles. The van der Waals surface area contributed by atoms with Crippen molar-refractivity contribution in [2.75, 3.05) is 7.11 Å². The average Bonchev–Trinajstić information content (AvgIpc) is 2.80. The van der Waals surface area contributed by atoms with Crippen LogP contribution in [-0.4, -0.2) is 17.3 Å². The summed E-state index contributed by atoms with van der Waals surface area (Å²) in [7, 11) is 1.60. The number of phenolic OH excluding ortho intramolecular Hbond substituents is 2. The second-order valence-corrected chi connectivity index (χ2v) is 4.25. The molecular formula is C15H12O4. The van der Waals surface area contributed by atoms with E-state index in [-0.39, 0.29) is 11.5 Å². The van der Waals surface area contributed by atoms with Crippen molar-refractivity contribution in [1.29, 1.82) is 0 Å². The molecule has 0 amide bonds. The van der Waals surface area contributed by atoms with Gasteiger partial charge in [0.1, 0.15) is 28.6 Å². The summed E-state index contributed by atoms with van der Waals surface area (Å²) in [5, 5.41) is 19.9. The Balaban J connectivity index is 2.14. The largest absolute Gasteiger partial charge is 0.508 e. The third-order valence-electron chi connectivity index (χ3n) is 2.91. The van der Waals surface area contributed by atoms with Gasteiger partial charge < -0.3 is 19.4 Å². The minimum Gasteiger partial charge on any atom is -0.508 e. The van der Waals surface area contributed by atoms with Crippen molar-refractivity contribution in [3.05, 3.63) is 42.5 Å². The third-order valence-corrected chi connectivity index (χ3v) is 2.91. The Hall–Kier alpha value is -2.62. The number of rotatable bonds is 2. The van der Waals surface area contributed by atoms with Gasteiger partial charge in [0.05, 0.1) is 7.11 Å². The third kappa shape index (κ3) is 2.08. The molecule has 3 rings (SSSR count). The molecule has 4 nitrogen and oxygen atoms in total. The van der Waals surface area contributed by atoms with E-state index in [1.807, 2.05) is 18.2 Å². The van der Waals surface area contributed by atoms with E-state index in [0.717, 1.165) is 5.39 Å². The minimum atomic E-state index is -0.00645. The molecular weight excluding hydrogens is 244 g/mol. The molecule has 96 valence electrons. The summed E-state index contributed by atoms with van der Waals surface area (Å²) in [6.07, 6.45) is 0. The first-order valence-electron chi connectivity index (χ1n) is 5.77. The van der Waals surface area contributed by atoms with Crippen molar-refractivity contribution in [2.24, 2.45) is 0 Å². The zero-order valence-corrected chi connectivity index (χ0v) is 10.3. The molecule has 0 saturated carbocycles. The van der Waals surface area contributed by atoms with E-state index in [1.54, 1.807) is 13.2 Å².